The van der Waals surface area contributed by atoms with Crippen LogP contribution in [0.2, 0.25) is 0 Å². The minimum Gasteiger partial charge on any atom is -0.271 e. The van der Waals surface area contributed by atoms with Crippen molar-refractivity contribution in [2.75, 3.05) is 0 Å². The van der Waals surface area contributed by atoms with Crippen LogP contribution in [0.15, 0.2) is 48.2 Å². The molecule has 104 valence electrons. The number of hydrazine groups is 1. The second-order valence-corrected chi connectivity index (χ2v) is 5.40. The van der Waals surface area contributed by atoms with Gasteiger partial charge in [0.25, 0.3) is 0 Å². The Kier molecular flexibility index (Phi) is 4.09. The SMILES string of the molecule is NNC(C1=CCCCCC1)c1cccc2cccnc12. The fourth-order valence-corrected chi connectivity index (χ4v) is 3.06. The maximum Gasteiger partial charge on any atom is 0.0753 e. The number of nitrogens with two attached hydrogens (primary N) is 1. The first-order valence-electron chi connectivity index (χ1n) is 7.39. The number of nitrogens with zero attached hydrogens (tertiary/aromatic N) is 1. The maximum atomic E-state index is 5.86. The van der Waals surface area contributed by atoms with Crippen LogP contribution < -0.4 is 11.3 Å². The number of nitrogens with one attached hydrogen (secondary N) is 1. The molecule has 0 saturated carbocycles. The van der Waals surface area contributed by atoms with Crippen molar-refractivity contribution in [2.45, 2.75) is 38.1 Å². The molecule has 3 rings (SSSR count). The van der Waals surface area contributed by atoms with Crippen LogP contribution >= 0.6 is 0 Å². The Morgan fingerprint density at radius 3 is 2.90 bits per heavy atom. The minimum absolute atomic E-state index is 0.0756. The second kappa shape index (κ2) is 6.16. The number of aromatic nitrogens is 1. The molecule has 0 aliphatic heterocycles. The molecule has 1 aliphatic rings. The van der Waals surface area contributed by atoms with Crippen molar-refractivity contribution in [2.24, 2.45) is 5.84 Å². The molecule has 1 aromatic carbocycles. The molecule has 1 heterocycles. The number of fused-ring (bicyclic) bond motifs is 1. The molecular weight excluding hydrogens is 246 g/mol. The first kappa shape index (κ1) is 13.3. The Morgan fingerprint density at radius 2 is 2.00 bits per heavy atom. The zero-order chi connectivity index (χ0) is 13.8. The lowest BCUT2D eigenvalue weighted by atomic mass is 9.94. The molecule has 0 radical (unpaired) electrons. The van der Waals surface area contributed by atoms with E-state index in [9.17, 15) is 0 Å². The Hall–Kier alpha value is -1.71. The molecule has 1 atom stereocenters. The molecule has 3 N–H and O–H groups in total. The number of allylic oxidation sites excluding steroid dienone is 1. The van der Waals surface area contributed by atoms with Crippen LogP contribution in [0.3, 0.4) is 0 Å². The number of rotatable bonds is 3. The third-order valence-electron chi connectivity index (χ3n) is 4.09. The van der Waals surface area contributed by atoms with E-state index >= 15 is 0 Å². The third-order valence-corrected chi connectivity index (χ3v) is 4.09. The van der Waals surface area contributed by atoms with Crippen LogP contribution in [-0.2, 0) is 0 Å². The highest BCUT2D eigenvalue weighted by Crippen LogP contribution is 2.31. The molecule has 1 aliphatic carbocycles. The van der Waals surface area contributed by atoms with Gasteiger partial charge in [-0.25, -0.2) is 5.43 Å². The van der Waals surface area contributed by atoms with E-state index in [4.69, 9.17) is 5.84 Å². The largest absolute Gasteiger partial charge is 0.271 e. The molecule has 3 heteroatoms. The lowest BCUT2D eigenvalue weighted by Crippen LogP contribution is -2.29. The first-order valence-corrected chi connectivity index (χ1v) is 7.39. The molecule has 0 saturated heterocycles. The van der Waals surface area contributed by atoms with Gasteiger partial charge < -0.3 is 0 Å². The monoisotopic (exact) mass is 267 g/mol. The first-order chi connectivity index (χ1) is 9.90. The Balaban J connectivity index is 2.05. The van der Waals surface area contributed by atoms with Crippen LogP contribution in [0.5, 0.6) is 0 Å². The van der Waals surface area contributed by atoms with Crippen LogP contribution in [0.25, 0.3) is 10.9 Å². The van der Waals surface area contributed by atoms with Gasteiger partial charge in [0, 0.05) is 17.1 Å². The van der Waals surface area contributed by atoms with E-state index in [1.165, 1.54) is 35.8 Å². The van der Waals surface area contributed by atoms with Gasteiger partial charge >= 0.3 is 0 Å². The van der Waals surface area contributed by atoms with Gasteiger partial charge in [-0.05, 0) is 31.7 Å². The average Bonchev–Trinajstić information content (AvgIpc) is 2.78. The molecule has 1 unspecified atom stereocenters. The summed E-state index contributed by atoms with van der Waals surface area (Å²) in [5.41, 5.74) is 6.63. The van der Waals surface area contributed by atoms with Crippen LogP contribution in [-0.4, -0.2) is 4.98 Å². The number of para-hydroxylation sites is 1. The summed E-state index contributed by atoms with van der Waals surface area (Å²) in [6.07, 6.45) is 10.3. The van der Waals surface area contributed by atoms with E-state index in [1.54, 1.807) is 0 Å². The summed E-state index contributed by atoms with van der Waals surface area (Å²) in [5, 5.41) is 1.17. The van der Waals surface area contributed by atoms with Crippen molar-refractivity contribution in [3.8, 4) is 0 Å². The van der Waals surface area contributed by atoms with Gasteiger partial charge in [0.15, 0.2) is 0 Å². The van der Waals surface area contributed by atoms with Crippen molar-refractivity contribution >= 4 is 10.9 Å². The zero-order valence-corrected chi connectivity index (χ0v) is 11.7. The molecule has 0 fully saturated rings. The summed E-state index contributed by atoms with van der Waals surface area (Å²) in [7, 11) is 0. The number of benzene rings is 1. The van der Waals surface area contributed by atoms with E-state index in [1.807, 2.05) is 12.3 Å². The van der Waals surface area contributed by atoms with Gasteiger partial charge in [-0.15, -0.1) is 0 Å². The summed E-state index contributed by atoms with van der Waals surface area (Å²) in [4.78, 5) is 4.55. The number of hydrogen-bond donors (Lipinski definition) is 2. The highest BCUT2D eigenvalue weighted by Gasteiger charge is 2.18. The Morgan fingerprint density at radius 1 is 1.10 bits per heavy atom. The van der Waals surface area contributed by atoms with Gasteiger partial charge in [-0.3, -0.25) is 10.8 Å². The van der Waals surface area contributed by atoms with Crippen molar-refractivity contribution in [1.82, 2.24) is 10.4 Å². The highest BCUT2D eigenvalue weighted by molar-refractivity contribution is 5.82. The van der Waals surface area contributed by atoms with Crippen molar-refractivity contribution in [3.05, 3.63) is 53.7 Å². The molecule has 2 aromatic rings. The van der Waals surface area contributed by atoms with E-state index in [0.29, 0.717) is 0 Å². The van der Waals surface area contributed by atoms with Crippen LogP contribution in [0.1, 0.15) is 43.7 Å². The lowest BCUT2D eigenvalue weighted by molar-refractivity contribution is 0.595. The average molecular weight is 267 g/mol. The van der Waals surface area contributed by atoms with E-state index in [2.05, 4.69) is 40.8 Å². The maximum absolute atomic E-state index is 5.86. The Bertz CT molecular complexity index is 613. The normalized spacial score (nSPS) is 17.6. The van der Waals surface area contributed by atoms with Gasteiger partial charge in [0.2, 0.25) is 0 Å². The summed E-state index contributed by atoms with van der Waals surface area (Å²) < 4.78 is 0. The highest BCUT2D eigenvalue weighted by atomic mass is 15.2. The van der Waals surface area contributed by atoms with Gasteiger partial charge in [-0.2, -0.15) is 0 Å². The molecule has 0 amide bonds. The summed E-state index contributed by atoms with van der Waals surface area (Å²) in [6, 6.07) is 10.5. The Labute approximate surface area is 119 Å². The number of pyridine rings is 1. The smallest absolute Gasteiger partial charge is 0.0753 e. The van der Waals surface area contributed by atoms with Crippen LogP contribution in [0.4, 0.5) is 0 Å². The number of hydrogen-bond acceptors (Lipinski definition) is 3. The topological polar surface area (TPSA) is 50.9 Å². The zero-order valence-electron chi connectivity index (χ0n) is 11.7. The fraction of sp³-hybridized carbons (Fsp3) is 0.353. The minimum atomic E-state index is 0.0756. The van der Waals surface area contributed by atoms with E-state index in [0.717, 1.165) is 18.4 Å². The second-order valence-electron chi connectivity index (χ2n) is 5.40. The molecule has 0 spiro atoms. The lowest BCUT2D eigenvalue weighted by Gasteiger charge is -2.21. The van der Waals surface area contributed by atoms with Crippen molar-refractivity contribution in [3.63, 3.8) is 0 Å². The van der Waals surface area contributed by atoms with E-state index < -0.39 is 0 Å². The summed E-state index contributed by atoms with van der Waals surface area (Å²) in [6.45, 7) is 0. The molecule has 3 nitrogen and oxygen atoms in total. The van der Waals surface area contributed by atoms with Gasteiger partial charge in [0.05, 0.1) is 11.6 Å². The fourth-order valence-electron chi connectivity index (χ4n) is 3.06. The van der Waals surface area contributed by atoms with Crippen molar-refractivity contribution in [1.29, 1.82) is 0 Å². The molecular formula is C17H21N3. The summed E-state index contributed by atoms with van der Waals surface area (Å²) in [5.74, 6) is 5.86. The van der Waals surface area contributed by atoms with E-state index in [-0.39, 0.29) is 6.04 Å². The molecule has 0 bridgehead atoms. The third kappa shape index (κ3) is 2.60. The van der Waals surface area contributed by atoms with Gasteiger partial charge in [0.1, 0.15) is 0 Å². The van der Waals surface area contributed by atoms with Crippen molar-refractivity contribution < 1.29 is 0 Å². The molecule has 20 heavy (non-hydrogen) atoms. The quantitative estimate of drug-likeness (QED) is 0.507. The van der Waals surface area contributed by atoms with Gasteiger partial charge in [-0.1, -0.05) is 42.3 Å². The molecule has 1 aromatic heterocycles. The predicted molar refractivity (Wildman–Crippen MR) is 83.0 cm³/mol. The predicted octanol–water partition coefficient (Wildman–Crippen LogP) is 3.63. The standard InChI is InChI=1S/C17H21N3/c18-20-17(14-7-3-1-2-4-8-14)15-11-5-9-13-10-6-12-19-16(13)15/h5-7,9-12,17,20H,1-4,8,18H2. The summed E-state index contributed by atoms with van der Waals surface area (Å²) >= 11 is 0. The van der Waals surface area contributed by atoms with Crippen LogP contribution in [0, 0.1) is 0 Å².